The summed E-state index contributed by atoms with van der Waals surface area (Å²) >= 11 is 6.06. The van der Waals surface area contributed by atoms with Crippen LogP contribution in [0, 0.1) is 0 Å². The van der Waals surface area contributed by atoms with Gasteiger partial charge in [-0.25, -0.2) is 0 Å². The minimum atomic E-state index is -0.546. The Kier molecular flexibility index (Phi) is 9.59. The number of ether oxygens (including phenoxy) is 3. The van der Waals surface area contributed by atoms with Crippen LogP contribution in [-0.4, -0.2) is 64.1 Å². The summed E-state index contributed by atoms with van der Waals surface area (Å²) in [7, 11) is 3.02. The van der Waals surface area contributed by atoms with Crippen LogP contribution in [0.2, 0.25) is 5.02 Å². The number of rotatable bonds is 11. The SMILES string of the molecule is CCN(CC)CCNC(=O)c1cc(Cl)c(N)cc1OCC(OC)OC. The number of amides is 1. The standard InChI is InChI=1S/C17H28ClN3O4/c1-5-21(6-2)8-7-20-17(22)12-9-13(18)14(19)10-15(12)25-11-16(23-3)24-4/h9-10,16H,5-8,11,19H2,1-4H3,(H,20,22). The summed E-state index contributed by atoms with van der Waals surface area (Å²) in [4.78, 5) is 14.7. The minimum absolute atomic E-state index is 0.119. The third-order valence-corrected chi connectivity index (χ3v) is 4.18. The van der Waals surface area contributed by atoms with Crippen molar-refractivity contribution in [2.24, 2.45) is 0 Å². The Morgan fingerprint density at radius 1 is 1.28 bits per heavy atom. The second-order valence-electron chi connectivity index (χ2n) is 5.36. The van der Waals surface area contributed by atoms with Crippen molar-refractivity contribution in [3.05, 3.63) is 22.7 Å². The normalized spacial score (nSPS) is 11.2. The average Bonchev–Trinajstić information content (AvgIpc) is 2.62. The molecule has 1 amide bonds. The number of nitrogens with two attached hydrogens (primary N) is 1. The molecule has 0 atom stereocenters. The van der Waals surface area contributed by atoms with Gasteiger partial charge in [-0.15, -0.1) is 0 Å². The molecule has 1 rings (SSSR count). The van der Waals surface area contributed by atoms with Crippen LogP contribution >= 0.6 is 11.6 Å². The second kappa shape index (κ2) is 11.1. The zero-order valence-electron chi connectivity index (χ0n) is 15.3. The molecule has 0 fully saturated rings. The summed E-state index contributed by atoms with van der Waals surface area (Å²) in [6.45, 7) is 7.45. The minimum Gasteiger partial charge on any atom is -0.487 e. The van der Waals surface area contributed by atoms with Gasteiger partial charge in [0.1, 0.15) is 12.4 Å². The Labute approximate surface area is 154 Å². The molecule has 3 N–H and O–H groups in total. The smallest absolute Gasteiger partial charge is 0.255 e. The van der Waals surface area contributed by atoms with Crippen LogP contribution in [0.3, 0.4) is 0 Å². The molecule has 0 heterocycles. The number of carbonyl (C=O) groups is 1. The van der Waals surface area contributed by atoms with E-state index in [0.717, 1.165) is 19.6 Å². The molecule has 1 aromatic carbocycles. The number of carbonyl (C=O) groups excluding carboxylic acids is 1. The predicted molar refractivity (Wildman–Crippen MR) is 99.3 cm³/mol. The van der Waals surface area contributed by atoms with E-state index in [-0.39, 0.29) is 12.5 Å². The van der Waals surface area contributed by atoms with E-state index in [4.69, 9.17) is 31.5 Å². The molecule has 0 saturated heterocycles. The van der Waals surface area contributed by atoms with Crippen molar-refractivity contribution in [3.63, 3.8) is 0 Å². The van der Waals surface area contributed by atoms with Gasteiger partial charge in [0.05, 0.1) is 16.3 Å². The highest BCUT2D eigenvalue weighted by molar-refractivity contribution is 6.33. The third-order valence-electron chi connectivity index (χ3n) is 3.85. The lowest BCUT2D eigenvalue weighted by molar-refractivity contribution is -0.122. The van der Waals surface area contributed by atoms with Gasteiger partial charge >= 0.3 is 0 Å². The zero-order valence-corrected chi connectivity index (χ0v) is 16.1. The number of hydrogen-bond donors (Lipinski definition) is 2. The first-order chi connectivity index (χ1) is 12.0. The maximum atomic E-state index is 12.5. The van der Waals surface area contributed by atoms with Crippen molar-refractivity contribution in [3.8, 4) is 5.75 Å². The Morgan fingerprint density at radius 3 is 2.48 bits per heavy atom. The number of nitrogens with zero attached hydrogens (tertiary/aromatic N) is 1. The van der Waals surface area contributed by atoms with Crippen molar-refractivity contribution in [1.29, 1.82) is 0 Å². The van der Waals surface area contributed by atoms with Crippen LogP contribution in [0.1, 0.15) is 24.2 Å². The molecule has 0 bridgehead atoms. The number of hydrogen-bond acceptors (Lipinski definition) is 6. The van der Waals surface area contributed by atoms with Crippen molar-refractivity contribution < 1.29 is 19.0 Å². The van der Waals surface area contributed by atoms with Gasteiger partial charge in [-0.1, -0.05) is 25.4 Å². The van der Waals surface area contributed by atoms with E-state index in [1.807, 2.05) is 0 Å². The van der Waals surface area contributed by atoms with Gasteiger partial charge in [-0.3, -0.25) is 4.79 Å². The quantitative estimate of drug-likeness (QED) is 0.455. The highest BCUT2D eigenvalue weighted by Gasteiger charge is 2.17. The fourth-order valence-corrected chi connectivity index (χ4v) is 2.38. The first-order valence-electron chi connectivity index (χ1n) is 8.24. The fraction of sp³-hybridized carbons (Fsp3) is 0.588. The number of benzene rings is 1. The van der Waals surface area contributed by atoms with Gasteiger partial charge in [-0.05, 0) is 19.2 Å². The van der Waals surface area contributed by atoms with Gasteiger partial charge in [-0.2, -0.15) is 0 Å². The molecule has 25 heavy (non-hydrogen) atoms. The molecule has 8 heteroatoms. The van der Waals surface area contributed by atoms with Crippen LogP contribution < -0.4 is 15.8 Å². The Hall–Kier alpha value is -1.54. The summed E-state index contributed by atoms with van der Waals surface area (Å²) < 4.78 is 15.8. The second-order valence-corrected chi connectivity index (χ2v) is 5.77. The molecule has 7 nitrogen and oxygen atoms in total. The zero-order chi connectivity index (χ0) is 18.8. The summed E-state index contributed by atoms with van der Waals surface area (Å²) in [6, 6.07) is 3.04. The highest BCUT2D eigenvalue weighted by atomic mass is 35.5. The molecular weight excluding hydrogens is 346 g/mol. The molecule has 0 aromatic heterocycles. The maximum absolute atomic E-state index is 12.5. The van der Waals surface area contributed by atoms with Crippen LogP contribution in [0.5, 0.6) is 5.75 Å². The molecule has 0 unspecified atom stereocenters. The van der Waals surface area contributed by atoms with Crippen LogP contribution in [-0.2, 0) is 9.47 Å². The van der Waals surface area contributed by atoms with E-state index in [1.54, 1.807) is 0 Å². The summed E-state index contributed by atoms with van der Waals surface area (Å²) in [6.07, 6.45) is -0.546. The Bertz CT molecular complexity index is 549. The summed E-state index contributed by atoms with van der Waals surface area (Å²) in [5.74, 6) is 0.0665. The van der Waals surface area contributed by atoms with E-state index < -0.39 is 6.29 Å². The average molecular weight is 374 g/mol. The molecule has 0 saturated carbocycles. The van der Waals surface area contributed by atoms with Crippen LogP contribution in [0.4, 0.5) is 5.69 Å². The van der Waals surface area contributed by atoms with E-state index in [9.17, 15) is 4.79 Å². The lowest BCUT2D eigenvalue weighted by Gasteiger charge is -2.19. The van der Waals surface area contributed by atoms with Crippen LogP contribution in [0.25, 0.3) is 0 Å². The van der Waals surface area contributed by atoms with Gasteiger partial charge in [0.25, 0.3) is 5.91 Å². The van der Waals surface area contributed by atoms with Gasteiger partial charge in [0, 0.05) is 33.4 Å². The molecular formula is C17H28ClN3O4. The monoisotopic (exact) mass is 373 g/mol. The van der Waals surface area contributed by atoms with E-state index in [1.165, 1.54) is 26.4 Å². The molecule has 0 aliphatic carbocycles. The third kappa shape index (κ3) is 6.70. The first kappa shape index (κ1) is 21.5. The van der Waals surface area contributed by atoms with Crippen molar-refractivity contribution in [2.75, 3.05) is 52.7 Å². The summed E-state index contributed by atoms with van der Waals surface area (Å²) in [5.41, 5.74) is 6.48. The maximum Gasteiger partial charge on any atom is 0.255 e. The molecule has 0 aliphatic rings. The van der Waals surface area contributed by atoms with Crippen molar-refractivity contribution in [1.82, 2.24) is 10.2 Å². The number of methoxy groups -OCH3 is 2. The lowest BCUT2D eigenvalue weighted by atomic mass is 10.1. The largest absolute Gasteiger partial charge is 0.487 e. The predicted octanol–water partition coefficient (Wildman–Crippen LogP) is 1.99. The number of nitrogen functional groups attached to an aromatic ring is 1. The number of nitrogens with one attached hydrogen (secondary N) is 1. The summed E-state index contributed by atoms with van der Waals surface area (Å²) in [5, 5.41) is 3.18. The molecule has 0 radical (unpaired) electrons. The first-order valence-corrected chi connectivity index (χ1v) is 8.62. The number of likely N-dealkylation sites (N-methyl/N-ethyl adjacent to an activating group) is 1. The highest BCUT2D eigenvalue weighted by Crippen LogP contribution is 2.29. The number of halogens is 1. The van der Waals surface area contributed by atoms with Crippen molar-refractivity contribution in [2.45, 2.75) is 20.1 Å². The lowest BCUT2D eigenvalue weighted by Crippen LogP contribution is -2.35. The van der Waals surface area contributed by atoms with Crippen LogP contribution in [0.15, 0.2) is 12.1 Å². The number of anilines is 1. The topological polar surface area (TPSA) is 86.1 Å². The van der Waals surface area contributed by atoms with Gasteiger partial charge < -0.3 is 30.2 Å². The molecule has 0 spiro atoms. The van der Waals surface area contributed by atoms with Gasteiger partial charge in [0.15, 0.2) is 6.29 Å². The molecule has 0 aliphatic heterocycles. The fourth-order valence-electron chi connectivity index (χ4n) is 2.22. The Morgan fingerprint density at radius 2 is 1.92 bits per heavy atom. The Balaban J connectivity index is 2.81. The van der Waals surface area contributed by atoms with Gasteiger partial charge in [0.2, 0.25) is 0 Å². The van der Waals surface area contributed by atoms with E-state index >= 15 is 0 Å². The van der Waals surface area contributed by atoms with Crippen molar-refractivity contribution >= 4 is 23.2 Å². The van der Waals surface area contributed by atoms with E-state index in [2.05, 4.69) is 24.1 Å². The van der Waals surface area contributed by atoms with E-state index in [0.29, 0.717) is 28.6 Å². The molecule has 142 valence electrons. The molecule has 1 aromatic rings.